The number of thiophene rings is 1. The predicted octanol–water partition coefficient (Wildman–Crippen LogP) is 5.66. The first kappa shape index (κ1) is 14.0. The number of hydrogen-bond donors (Lipinski definition) is 0. The van der Waals surface area contributed by atoms with Crippen LogP contribution in [0.1, 0.15) is 29.4 Å². The fourth-order valence-electron chi connectivity index (χ4n) is 1.67. The van der Waals surface area contributed by atoms with Gasteiger partial charge in [-0.2, -0.15) is 0 Å². The number of hydrogen-bond acceptors (Lipinski definition) is 2. The minimum atomic E-state index is 0.218. The molecule has 4 heteroatoms. The Morgan fingerprint density at radius 2 is 2.11 bits per heavy atom. The molecule has 0 aliphatic carbocycles. The third-order valence-electron chi connectivity index (χ3n) is 2.55. The Kier molecular flexibility index (Phi) is 4.81. The highest BCUT2D eigenvalue weighted by Gasteiger charge is 2.11. The van der Waals surface area contributed by atoms with Crippen LogP contribution in [0.25, 0.3) is 10.4 Å². The lowest BCUT2D eigenvalue weighted by molar-refractivity contribution is 0.0985. The van der Waals surface area contributed by atoms with E-state index in [2.05, 4.69) is 22.6 Å². The van der Waals surface area contributed by atoms with Crippen LogP contribution in [0.2, 0.25) is 5.02 Å². The number of carbonyl (C=O) groups excluding carboxylic acids is 1. The second-order valence-electron chi connectivity index (χ2n) is 3.96. The van der Waals surface area contributed by atoms with Crippen LogP contribution < -0.4 is 0 Å². The monoisotopic (exact) mass is 390 g/mol. The lowest BCUT2D eigenvalue weighted by atomic mass is 10.2. The molecule has 1 heterocycles. The summed E-state index contributed by atoms with van der Waals surface area (Å²) in [4.78, 5) is 13.7. The molecule has 0 radical (unpaired) electrons. The molecule has 1 nitrogen and oxygen atoms in total. The molecular weight excluding hydrogens is 379 g/mol. The third kappa shape index (κ3) is 3.13. The molecule has 0 aliphatic heterocycles. The van der Waals surface area contributed by atoms with Crippen molar-refractivity contribution in [3.05, 3.63) is 43.8 Å². The Morgan fingerprint density at radius 1 is 1.33 bits per heavy atom. The zero-order chi connectivity index (χ0) is 13.1. The maximum absolute atomic E-state index is 11.8. The van der Waals surface area contributed by atoms with Crippen molar-refractivity contribution < 1.29 is 4.79 Å². The van der Waals surface area contributed by atoms with Crippen molar-refractivity contribution in [2.24, 2.45) is 0 Å². The van der Waals surface area contributed by atoms with Crippen LogP contribution in [0.3, 0.4) is 0 Å². The molecule has 0 aliphatic rings. The summed E-state index contributed by atoms with van der Waals surface area (Å²) in [6, 6.07) is 9.79. The average Bonchev–Trinajstić information content (AvgIpc) is 2.82. The summed E-state index contributed by atoms with van der Waals surface area (Å²) in [5, 5.41) is 0.728. The van der Waals surface area contributed by atoms with Crippen molar-refractivity contribution in [3.8, 4) is 10.4 Å². The fourth-order valence-corrected chi connectivity index (χ4v) is 3.44. The molecule has 1 aromatic carbocycles. The number of carbonyl (C=O) groups is 1. The largest absolute Gasteiger partial charge is 0.293 e. The van der Waals surface area contributed by atoms with Crippen molar-refractivity contribution in [1.29, 1.82) is 0 Å². The van der Waals surface area contributed by atoms with E-state index in [1.807, 2.05) is 37.3 Å². The quantitative estimate of drug-likeness (QED) is 0.486. The molecule has 0 bridgehead atoms. The highest BCUT2D eigenvalue weighted by molar-refractivity contribution is 14.1. The molecule has 0 atom stereocenters. The van der Waals surface area contributed by atoms with Gasteiger partial charge in [0, 0.05) is 25.5 Å². The Hall–Kier alpha value is -0.390. The Bertz CT molecular complexity index is 577. The first-order valence-electron chi connectivity index (χ1n) is 5.70. The van der Waals surface area contributed by atoms with Crippen molar-refractivity contribution in [2.75, 3.05) is 0 Å². The molecule has 0 saturated carbocycles. The van der Waals surface area contributed by atoms with Crippen molar-refractivity contribution >= 4 is 51.3 Å². The second kappa shape index (κ2) is 6.17. The summed E-state index contributed by atoms with van der Waals surface area (Å²) >= 11 is 9.98. The maximum Gasteiger partial charge on any atom is 0.172 e. The van der Waals surface area contributed by atoms with E-state index in [-0.39, 0.29) is 5.78 Å². The van der Waals surface area contributed by atoms with Crippen molar-refractivity contribution in [2.45, 2.75) is 19.8 Å². The highest BCUT2D eigenvalue weighted by atomic mass is 127. The number of halogens is 2. The molecule has 2 rings (SSSR count). The van der Waals surface area contributed by atoms with E-state index in [4.69, 9.17) is 11.6 Å². The van der Waals surface area contributed by atoms with Gasteiger partial charge in [0.1, 0.15) is 0 Å². The molecule has 0 spiro atoms. The maximum atomic E-state index is 11.8. The van der Waals surface area contributed by atoms with Crippen LogP contribution in [0.5, 0.6) is 0 Å². The van der Waals surface area contributed by atoms with E-state index >= 15 is 0 Å². The van der Waals surface area contributed by atoms with E-state index in [1.54, 1.807) is 0 Å². The molecule has 2 aromatic rings. The van der Waals surface area contributed by atoms with Crippen LogP contribution in [-0.2, 0) is 0 Å². The topological polar surface area (TPSA) is 17.1 Å². The second-order valence-corrected chi connectivity index (χ2v) is 6.70. The van der Waals surface area contributed by atoms with Gasteiger partial charge in [-0.15, -0.1) is 11.3 Å². The molecular formula is C14H12ClIOS. The van der Waals surface area contributed by atoms with Crippen molar-refractivity contribution in [3.63, 3.8) is 0 Å². The van der Waals surface area contributed by atoms with E-state index in [9.17, 15) is 4.79 Å². The summed E-state index contributed by atoms with van der Waals surface area (Å²) in [5.41, 5.74) is 1.00. The Morgan fingerprint density at radius 3 is 2.83 bits per heavy atom. The van der Waals surface area contributed by atoms with E-state index in [0.717, 1.165) is 30.3 Å². The van der Waals surface area contributed by atoms with E-state index in [1.165, 1.54) is 11.3 Å². The number of rotatable bonds is 4. The molecule has 0 N–H and O–H groups in total. The Labute approximate surface area is 129 Å². The van der Waals surface area contributed by atoms with Crippen molar-refractivity contribution in [1.82, 2.24) is 0 Å². The van der Waals surface area contributed by atoms with E-state index < -0.39 is 0 Å². The van der Waals surface area contributed by atoms with Gasteiger partial charge in [0.05, 0.1) is 4.88 Å². The number of ketones is 1. The average molecular weight is 391 g/mol. The van der Waals surface area contributed by atoms with Gasteiger partial charge >= 0.3 is 0 Å². The minimum Gasteiger partial charge on any atom is -0.293 e. The van der Waals surface area contributed by atoms with Crippen LogP contribution in [0.15, 0.2) is 30.3 Å². The van der Waals surface area contributed by atoms with Crippen LogP contribution in [0.4, 0.5) is 0 Å². The summed E-state index contributed by atoms with van der Waals surface area (Å²) in [7, 11) is 0. The van der Waals surface area contributed by atoms with Crippen LogP contribution in [-0.4, -0.2) is 5.78 Å². The highest BCUT2D eigenvalue weighted by Crippen LogP contribution is 2.34. The zero-order valence-electron chi connectivity index (χ0n) is 9.87. The summed E-state index contributed by atoms with van der Waals surface area (Å²) in [6.45, 7) is 2.02. The van der Waals surface area contributed by atoms with Crippen LogP contribution >= 0.6 is 45.5 Å². The molecule has 0 saturated heterocycles. The third-order valence-corrected chi connectivity index (χ3v) is 4.71. The first-order valence-corrected chi connectivity index (χ1v) is 7.97. The minimum absolute atomic E-state index is 0.218. The van der Waals surface area contributed by atoms with Gasteiger partial charge in [-0.1, -0.05) is 18.5 Å². The molecule has 18 heavy (non-hydrogen) atoms. The lowest BCUT2D eigenvalue weighted by Gasteiger charge is -2.01. The smallest absolute Gasteiger partial charge is 0.172 e. The van der Waals surface area contributed by atoms with E-state index in [0.29, 0.717) is 6.42 Å². The molecule has 1 aromatic heterocycles. The molecule has 0 amide bonds. The summed E-state index contributed by atoms with van der Waals surface area (Å²) in [5.74, 6) is 0.218. The summed E-state index contributed by atoms with van der Waals surface area (Å²) < 4.78 is 1.14. The number of benzene rings is 1. The standard InChI is InChI=1S/C14H12ClIOS/c1-2-3-12(17)14-7-6-13(18-14)10-8-9(16)4-5-11(10)15/h4-8H,2-3H2,1H3. The van der Waals surface area contributed by atoms with Crippen LogP contribution in [0, 0.1) is 3.57 Å². The fraction of sp³-hybridized carbons (Fsp3) is 0.214. The van der Waals surface area contributed by atoms with Gasteiger partial charge in [0.15, 0.2) is 5.78 Å². The van der Waals surface area contributed by atoms with Gasteiger partial charge in [-0.3, -0.25) is 4.79 Å². The molecule has 0 fully saturated rings. The number of Topliss-reactive ketones (excluding diaryl/α,β-unsaturated/α-hetero) is 1. The Balaban J connectivity index is 2.35. The SMILES string of the molecule is CCCC(=O)c1ccc(-c2cc(I)ccc2Cl)s1. The first-order chi connectivity index (χ1) is 8.61. The molecule has 0 unspecified atom stereocenters. The predicted molar refractivity (Wildman–Crippen MR) is 86.7 cm³/mol. The molecule has 94 valence electrons. The van der Waals surface area contributed by atoms with Gasteiger partial charge in [-0.05, 0) is 59.3 Å². The lowest BCUT2D eigenvalue weighted by Crippen LogP contribution is -1.93. The summed E-state index contributed by atoms with van der Waals surface area (Å²) in [6.07, 6.45) is 1.50. The van der Waals surface area contributed by atoms with Gasteiger partial charge in [0.25, 0.3) is 0 Å². The van der Waals surface area contributed by atoms with Gasteiger partial charge < -0.3 is 0 Å². The zero-order valence-corrected chi connectivity index (χ0v) is 13.6. The van der Waals surface area contributed by atoms with Gasteiger partial charge in [0.2, 0.25) is 0 Å². The van der Waals surface area contributed by atoms with Gasteiger partial charge in [-0.25, -0.2) is 0 Å². The normalized spacial score (nSPS) is 10.6.